The van der Waals surface area contributed by atoms with E-state index in [4.69, 9.17) is 10.4 Å². The lowest BCUT2D eigenvalue weighted by Crippen LogP contribution is -2.04. The van der Waals surface area contributed by atoms with Gasteiger partial charge in [0.2, 0.25) is 0 Å². The lowest BCUT2D eigenvalue weighted by Gasteiger charge is -2.06. The minimum atomic E-state index is 0.653. The molecule has 4 nitrogen and oxygen atoms in total. The number of rotatable bonds is 2. The second kappa shape index (κ2) is 5.75. The fraction of sp³-hybridized carbons (Fsp3) is 0.0909. The summed E-state index contributed by atoms with van der Waals surface area (Å²) in [5, 5.41) is 19.8. The van der Waals surface area contributed by atoms with E-state index in [1.165, 1.54) is 16.3 Å². The molecule has 0 saturated carbocycles. The van der Waals surface area contributed by atoms with Crippen molar-refractivity contribution in [1.82, 2.24) is 9.78 Å². The van der Waals surface area contributed by atoms with Crippen LogP contribution < -0.4 is 5.32 Å². The second-order valence-corrected chi connectivity index (χ2v) is 6.48. The summed E-state index contributed by atoms with van der Waals surface area (Å²) in [7, 11) is 0. The van der Waals surface area contributed by atoms with Gasteiger partial charge in [-0.15, -0.1) is 0 Å². The third-order valence-corrected chi connectivity index (χ3v) is 4.91. The molecule has 124 valence electrons. The molecule has 0 fully saturated rings. The number of hydrogen-bond acceptors (Lipinski definition) is 3. The van der Waals surface area contributed by atoms with Crippen molar-refractivity contribution in [2.24, 2.45) is 0 Å². The maximum absolute atomic E-state index is 9.01. The molecule has 0 unspecified atom stereocenters. The van der Waals surface area contributed by atoms with Crippen molar-refractivity contribution in [3.05, 3.63) is 77.9 Å². The van der Waals surface area contributed by atoms with Crippen molar-refractivity contribution in [1.29, 1.82) is 5.26 Å². The van der Waals surface area contributed by atoms with Gasteiger partial charge >= 0.3 is 0 Å². The van der Waals surface area contributed by atoms with Crippen molar-refractivity contribution in [2.45, 2.75) is 6.42 Å². The molecule has 2 heterocycles. The number of hydrogen-bond donors (Lipinski definition) is 1. The molecule has 26 heavy (non-hydrogen) atoms. The van der Waals surface area contributed by atoms with Crippen LogP contribution >= 0.6 is 0 Å². The molecule has 5 rings (SSSR count). The average Bonchev–Trinajstić information content (AvgIpc) is 3.30. The monoisotopic (exact) mass is 336 g/mol. The molecule has 1 aromatic heterocycles. The first-order valence-corrected chi connectivity index (χ1v) is 8.69. The molecule has 0 amide bonds. The minimum Gasteiger partial charge on any atom is -0.369 e. The van der Waals surface area contributed by atoms with E-state index in [1.54, 1.807) is 0 Å². The Morgan fingerprint density at radius 2 is 1.77 bits per heavy atom. The van der Waals surface area contributed by atoms with Crippen LogP contribution in [0.15, 0.2) is 66.7 Å². The number of benzene rings is 3. The maximum Gasteiger partial charge on any atom is 0.133 e. The summed E-state index contributed by atoms with van der Waals surface area (Å²) < 4.78 is 1.95. The van der Waals surface area contributed by atoms with Crippen molar-refractivity contribution in [3.8, 4) is 23.0 Å². The largest absolute Gasteiger partial charge is 0.369 e. The van der Waals surface area contributed by atoms with Crippen LogP contribution in [-0.4, -0.2) is 16.3 Å². The normalized spacial score (nSPS) is 12.6. The van der Waals surface area contributed by atoms with E-state index in [0.717, 1.165) is 35.7 Å². The smallest absolute Gasteiger partial charge is 0.133 e. The molecule has 0 bridgehead atoms. The van der Waals surface area contributed by atoms with Crippen LogP contribution in [0, 0.1) is 11.3 Å². The average molecular weight is 336 g/mol. The highest BCUT2D eigenvalue weighted by molar-refractivity contribution is 5.88. The Labute approximate surface area is 151 Å². The van der Waals surface area contributed by atoms with Gasteiger partial charge in [0.05, 0.1) is 23.0 Å². The molecule has 3 aromatic carbocycles. The van der Waals surface area contributed by atoms with Crippen LogP contribution in [0.4, 0.5) is 5.82 Å². The summed E-state index contributed by atoms with van der Waals surface area (Å²) in [4.78, 5) is 0. The first-order chi connectivity index (χ1) is 12.8. The zero-order valence-corrected chi connectivity index (χ0v) is 14.1. The summed E-state index contributed by atoms with van der Waals surface area (Å²) in [6.07, 6.45) is 0.966. The highest BCUT2D eigenvalue weighted by Crippen LogP contribution is 2.35. The lowest BCUT2D eigenvalue weighted by atomic mass is 10.0. The molecule has 0 saturated heterocycles. The first kappa shape index (κ1) is 14.7. The third kappa shape index (κ3) is 2.26. The van der Waals surface area contributed by atoms with Gasteiger partial charge < -0.3 is 5.32 Å². The molecule has 4 aromatic rings. The summed E-state index contributed by atoms with van der Waals surface area (Å²) in [6, 6.07) is 24.6. The minimum absolute atomic E-state index is 0.653. The van der Waals surface area contributed by atoms with Crippen molar-refractivity contribution in [3.63, 3.8) is 0 Å². The number of nitrogens with zero attached hydrogens (tertiary/aromatic N) is 3. The molecule has 0 spiro atoms. The number of nitriles is 1. The van der Waals surface area contributed by atoms with Gasteiger partial charge in [-0.1, -0.05) is 36.4 Å². The summed E-state index contributed by atoms with van der Waals surface area (Å²) >= 11 is 0. The van der Waals surface area contributed by atoms with Gasteiger partial charge in [-0.25, -0.2) is 4.68 Å². The van der Waals surface area contributed by atoms with E-state index in [-0.39, 0.29) is 0 Å². The van der Waals surface area contributed by atoms with Gasteiger partial charge in [-0.05, 0) is 47.5 Å². The van der Waals surface area contributed by atoms with Gasteiger partial charge in [-0.2, -0.15) is 10.4 Å². The maximum atomic E-state index is 9.01. The predicted molar refractivity (Wildman–Crippen MR) is 103 cm³/mol. The zero-order valence-electron chi connectivity index (χ0n) is 14.1. The van der Waals surface area contributed by atoms with Crippen molar-refractivity contribution < 1.29 is 0 Å². The van der Waals surface area contributed by atoms with Gasteiger partial charge in [0, 0.05) is 17.7 Å². The van der Waals surface area contributed by atoms with Crippen LogP contribution in [-0.2, 0) is 6.42 Å². The fourth-order valence-electron chi connectivity index (χ4n) is 3.61. The highest BCUT2D eigenvalue weighted by atomic mass is 15.3. The van der Waals surface area contributed by atoms with Crippen LogP contribution in [0.5, 0.6) is 0 Å². The summed E-state index contributed by atoms with van der Waals surface area (Å²) in [5.41, 5.74) is 5.03. The molecule has 1 aliphatic heterocycles. The van der Waals surface area contributed by atoms with Gasteiger partial charge in [0.25, 0.3) is 0 Å². The van der Waals surface area contributed by atoms with Crippen LogP contribution in [0.2, 0.25) is 0 Å². The molecular formula is C22H16N4. The van der Waals surface area contributed by atoms with Gasteiger partial charge in [0.15, 0.2) is 0 Å². The third-order valence-electron chi connectivity index (χ3n) is 4.91. The Bertz CT molecular complexity index is 1160. The Balaban J connectivity index is 1.66. The molecule has 0 aliphatic carbocycles. The Hall–Kier alpha value is -3.58. The molecule has 0 radical (unpaired) electrons. The quantitative estimate of drug-likeness (QED) is 0.585. The number of anilines is 1. The zero-order chi connectivity index (χ0) is 17.5. The molecule has 0 atom stereocenters. The number of aromatic nitrogens is 2. The SMILES string of the molecule is N#Cc1ccc(-n2nc(-c3ccc4ccccc4c3)c3c2NCC3)cc1. The molecule has 1 N–H and O–H groups in total. The Morgan fingerprint density at radius 1 is 0.962 bits per heavy atom. The lowest BCUT2D eigenvalue weighted by molar-refractivity contribution is 0.882. The molecule has 1 aliphatic rings. The van der Waals surface area contributed by atoms with Crippen molar-refractivity contribution >= 4 is 16.6 Å². The number of fused-ring (bicyclic) bond motifs is 2. The van der Waals surface area contributed by atoms with Gasteiger partial charge in [-0.3, -0.25) is 0 Å². The van der Waals surface area contributed by atoms with E-state index in [1.807, 2.05) is 28.9 Å². The van der Waals surface area contributed by atoms with E-state index in [2.05, 4.69) is 53.9 Å². The predicted octanol–water partition coefficient (Wildman–Crippen LogP) is 4.53. The van der Waals surface area contributed by atoms with Gasteiger partial charge in [0.1, 0.15) is 5.82 Å². The molecule has 4 heteroatoms. The van der Waals surface area contributed by atoms with E-state index >= 15 is 0 Å². The topological polar surface area (TPSA) is 53.6 Å². The second-order valence-electron chi connectivity index (χ2n) is 6.48. The summed E-state index contributed by atoms with van der Waals surface area (Å²) in [6.45, 7) is 0.921. The fourth-order valence-corrected chi connectivity index (χ4v) is 3.61. The van der Waals surface area contributed by atoms with E-state index < -0.39 is 0 Å². The van der Waals surface area contributed by atoms with Crippen LogP contribution in [0.3, 0.4) is 0 Å². The van der Waals surface area contributed by atoms with Crippen LogP contribution in [0.25, 0.3) is 27.7 Å². The van der Waals surface area contributed by atoms with E-state index in [9.17, 15) is 0 Å². The Morgan fingerprint density at radius 3 is 2.58 bits per heavy atom. The summed E-state index contributed by atoms with van der Waals surface area (Å²) in [5.74, 6) is 1.05. The first-order valence-electron chi connectivity index (χ1n) is 8.69. The number of nitrogens with one attached hydrogen (secondary N) is 1. The molecular weight excluding hydrogens is 320 g/mol. The van der Waals surface area contributed by atoms with E-state index in [0.29, 0.717) is 5.56 Å². The highest BCUT2D eigenvalue weighted by Gasteiger charge is 2.24. The standard InChI is InChI=1S/C22H16N4/c23-14-15-5-9-19(10-6-15)26-22-20(11-12-24-22)21(25-26)18-8-7-16-3-1-2-4-17(16)13-18/h1-10,13,24H,11-12H2. The van der Waals surface area contributed by atoms with Crippen LogP contribution in [0.1, 0.15) is 11.1 Å². The van der Waals surface area contributed by atoms with Crippen molar-refractivity contribution in [2.75, 3.05) is 11.9 Å². The Kier molecular flexibility index (Phi) is 3.26.